The monoisotopic (exact) mass is 484 g/mol. The second-order valence-electron chi connectivity index (χ2n) is 8.93. The summed E-state index contributed by atoms with van der Waals surface area (Å²) in [5.41, 5.74) is 1.87. The van der Waals surface area contributed by atoms with Crippen molar-refractivity contribution in [2.75, 3.05) is 49.4 Å². The summed E-state index contributed by atoms with van der Waals surface area (Å²) in [6.45, 7) is 7.02. The third-order valence-electron chi connectivity index (χ3n) is 6.69. The molecule has 1 N–H and O–H groups in total. The van der Waals surface area contributed by atoms with Crippen LogP contribution >= 0.6 is 0 Å². The minimum Gasteiger partial charge on any atom is -0.497 e. The molecule has 0 radical (unpaired) electrons. The summed E-state index contributed by atoms with van der Waals surface area (Å²) in [5.74, 6) is 3.60. The molecule has 0 aliphatic carbocycles. The highest BCUT2D eigenvalue weighted by Gasteiger charge is 2.30. The number of rotatable bonds is 7. The van der Waals surface area contributed by atoms with Gasteiger partial charge in [0.2, 0.25) is 5.95 Å². The average molecular weight is 485 g/mol. The van der Waals surface area contributed by atoms with E-state index in [0.29, 0.717) is 17.6 Å². The van der Waals surface area contributed by atoms with Gasteiger partial charge in [-0.05, 0) is 37.1 Å². The number of ether oxygens (including phenoxy) is 3. The molecule has 4 heterocycles. The summed E-state index contributed by atoms with van der Waals surface area (Å²) >= 11 is 0. The molecule has 2 aromatic rings. The number of hydrogen-bond donors (Lipinski definition) is 1. The molecular weight excluding hydrogens is 452 g/mol. The Hall–Kier alpha value is -2.65. The van der Waals surface area contributed by atoms with E-state index < -0.39 is 10.8 Å². The number of fused-ring (bicyclic) bond motifs is 1. The van der Waals surface area contributed by atoms with Crippen LogP contribution in [0.5, 0.6) is 5.75 Å². The second-order valence-corrected chi connectivity index (χ2v) is 10.4. The first-order valence-corrected chi connectivity index (χ1v) is 13.3. The molecule has 2 fully saturated rings. The molecule has 0 amide bonds. The molecule has 1 aromatic carbocycles. The van der Waals surface area contributed by atoms with E-state index in [1.165, 1.54) is 0 Å². The lowest BCUT2D eigenvalue weighted by atomic mass is 10.1. The summed E-state index contributed by atoms with van der Waals surface area (Å²) in [7, 11) is 0.588. The molecule has 5 rings (SSSR count). The molecule has 8 nitrogen and oxygen atoms in total. The van der Waals surface area contributed by atoms with Gasteiger partial charge in [0.1, 0.15) is 28.3 Å². The smallest absolute Gasteiger partial charge is 0.227 e. The van der Waals surface area contributed by atoms with E-state index in [4.69, 9.17) is 24.2 Å². The standard InChI is InChI=1S/C25H32N4O4S/c1-17(31-2)18-3-5-20(6-4-18)33-21-7-12-29(13-8-21)25-27-22-11-16-34(30)23(22)24(28-25)26-19-9-14-32-15-10-19/h3-6,19,21H,1,7-16H2,2H3,(H,26,27,28). The van der Waals surface area contributed by atoms with Crippen molar-refractivity contribution >= 4 is 28.3 Å². The minimum absolute atomic E-state index is 0.148. The molecular formula is C25H32N4O4S. The topological polar surface area (TPSA) is 85.8 Å². The Morgan fingerprint density at radius 3 is 2.59 bits per heavy atom. The Balaban J connectivity index is 1.24. The number of aromatic nitrogens is 2. The zero-order valence-corrected chi connectivity index (χ0v) is 20.4. The van der Waals surface area contributed by atoms with E-state index in [2.05, 4.69) is 16.8 Å². The summed E-state index contributed by atoms with van der Waals surface area (Å²) in [4.78, 5) is 12.7. The highest BCUT2D eigenvalue weighted by atomic mass is 32.2. The van der Waals surface area contributed by atoms with E-state index in [1.807, 2.05) is 24.3 Å². The second kappa shape index (κ2) is 10.3. The summed E-state index contributed by atoms with van der Waals surface area (Å²) in [6, 6.07) is 8.15. The van der Waals surface area contributed by atoms with E-state index in [1.54, 1.807) is 7.11 Å². The van der Waals surface area contributed by atoms with E-state index in [0.717, 1.165) is 92.1 Å². The third kappa shape index (κ3) is 5.05. The minimum atomic E-state index is -1.03. The van der Waals surface area contributed by atoms with Crippen molar-refractivity contribution in [3.05, 3.63) is 42.1 Å². The molecule has 9 heteroatoms. The predicted molar refractivity (Wildman–Crippen MR) is 133 cm³/mol. The lowest BCUT2D eigenvalue weighted by Crippen LogP contribution is -2.39. The summed E-state index contributed by atoms with van der Waals surface area (Å²) < 4.78 is 29.5. The summed E-state index contributed by atoms with van der Waals surface area (Å²) in [5, 5.41) is 3.56. The normalized spacial score (nSPS) is 21.2. The van der Waals surface area contributed by atoms with Gasteiger partial charge in [-0.1, -0.05) is 6.58 Å². The molecule has 1 unspecified atom stereocenters. The van der Waals surface area contributed by atoms with E-state index in [-0.39, 0.29) is 6.10 Å². The maximum Gasteiger partial charge on any atom is 0.227 e. The first-order chi connectivity index (χ1) is 16.6. The van der Waals surface area contributed by atoms with Crippen LogP contribution in [0.1, 0.15) is 36.9 Å². The van der Waals surface area contributed by atoms with Crippen molar-refractivity contribution in [2.24, 2.45) is 0 Å². The molecule has 0 bridgehead atoms. The number of aryl methyl sites for hydroxylation is 1. The van der Waals surface area contributed by atoms with Crippen LogP contribution in [0.15, 0.2) is 35.7 Å². The number of nitrogens with zero attached hydrogens (tertiary/aromatic N) is 3. The zero-order chi connectivity index (χ0) is 23.5. The molecule has 34 heavy (non-hydrogen) atoms. The Morgan fingerprint density at radius 1 is 1.15 bits per heavy atom. The number of nitrogens with one attached hydrogen (secondary N) is 1. The van der Waals surface area contributed by atoms with Gasteiger partial charge in [0.15, 0.2) is 0 Å². The molecule has 3 aliphatic rings. The van der Waals surface area contributed by atoms with Gasteiger partial charge in [0.05, 0.1) is 23.6 Å². The van der Waals surface area contributed by atoms with Gasteiger partial charge < -0.3 is 24.4 Å². The number of hydrogen-bond acceptors (Lipinski definition) is 8. The molecule has 1 atom stereocenters. The van der Waals surface area contributed by atoms with E-state index >= 15 is 0 Å². The predicted octanol–water partition coefficient (Wildman–Crippen LogP) is 3.40. The molecule has 182 valence electrons. The number of piperidine rings is 1. The van der Waals surface area contributed by atoms with Crippen LogP contribution in [0.3, 0.4) is 0 Å². The molecule has 1 aromatic heterocycles. The number of methoxy groups -OCH3 is 1. The third-order valence-corrected chi connectivity index (χ3v) is 8.15. The van der Waals surface area contributed by atoms with Gasteiger partial charge in [-0.25, -0.2) is 4.98 Å². The van der Waals surface area contributed by atoms with Gasteiger partial charge in [-0.3, -0.25) is 4.21 Å². The van der Waals surface area contributed by atoms with Gasteiger partial charge in [0, 0.05) is 62.9 Å². The Labute approximate surface area is 203 Å². The van der Waals surface area contributed by atoms with Crippen LogP contribution in [0.2, 0.25) is 0 Å². The molecule has 0 spiro atoms. The van der Waals surface area contributed by atoms with Crippen molar-refractivity contribution in [3.63, 3.8) is 0 Å². The first-order valence-electron chi connectivity index (χ1n) is 12.0. The highest BCUT2D eigenvalue weighted by Crippen LogP contribution is 2.32. The van der Waals surface area contributed by atoms with Gasteiger partial charge >= 0.3 is 0 Å². The molecule has 0 saturated carbocycles. The SMILES string of the molecule is C=C(OC)c1ccc(OC2CCN(c3nc4c(c(NC5CCOCC5)n3)S(=O)CC4)CC2)cc1. The lowest BCUT2D eigenvalue weighted by molar-refractivity contribution is 0.0903. The average Bonchev–Trinajstić information content (AvgIpc) is 3.26. The fraction of sp³-hybridized carbons (Fsp3) is 0.520. The Bertz CT molecular complexity index is 1050. The van der Waals surface area contributed by atoms with Gasteiger partial charge in [0.25, 0.3) is 0 Å². The largest absolute Gasteiger partial charge is 0.497 e. The lowest BCUT2D eigenvalue weighted by Gasteiger charge is -2.33. The maximum absolute atomic E-state index is 12.6. The number of anilines is 2. The van der Waals surface area contributed by atoms with E-state index in [9.17, 15) is 4.21 Å². The highest BCUT2D eigenvalue weighted by molar-refractivity contribution is 7.85. The number of benzene rings is 1. The zero-order valence-electron chi connectivity index (χ0n) is 19.6. The maximum atomic E-state index is 12.6. The molecule has 3 aliphatic heterocycles. The van der Waals surface area contributed by atoms with Crippen molar-refractivity contribution in [2.45, 2.75) is 49.1 Å². The Kier molecular flexibility index (Phi) is 7.01. The fourth-order valence-electron chi connectivity index (χ4n) is 4.66. The van der Waals surface area contributed by atoms with Crippen molar-refractivity contribution in [1.29, 1.82) is 0 Å². The van der Waals surface area contributed by atoms with Crippen LogP contribution in [0.4, 0.5) is 11.8 Å². The fourth-order valence-corrected chi connectivity index (χ4v) is 5.98. The van der Waals surface area contributed by atoms with Gasteiger partial charge in [-0.15, -0.1) is 0 Å². The van der Waals surface area contributed by atoms with Crippen LogP contribution in [0.25, 0.3) is 5.76 Å². The van der Waals surface area contributed by atoms with Crippen LogP contribution in [-0.4, -0.2) is 65.5 Å². The van der Waals surface area contributed by atoms with Crippen molar-refractivity contribution in [1.82, 2.24) is 9.97 Å². The van der Waals surface area contributed by atoms with Gasteiger partial charge in [-0.2, -0.15) is 4.98 Å². The van der Waals surface area contributed by atoms with Crippen LogP contribution < -0.4 is 15.0 Å². The Morgan fingerprint density at radius 2 is 1.88 bits per heavy atom. The summed E-state index contributed by atoms with van der Waals surface area (Å²) in [6.07, 6.45) is 4.54. The van der Waals surface area contributed by atoms with Crippen molar-refractivity contribution < 1.29 is 18.4 Å². The molecule has 2 saturated heterocycles. The van der Waals surface area contributed by atoms with Crippen molar-refractivity contribution in [3.8, 4) is 5.75 Å². The first kappa shape index (κ1) is 23.1. The van der Waals surface area contributed by atoms with Crippen LogP contribution in [0, 0.1) is 0 Å². The quantitative estimate of drug-likeness (QED) is 0.599. The van der Waals surface area contributed by atoms with Crippen LogP contribution in [-0.2, 0) is 26.7 Å².